The predicted octanol–water partition coefficient (Wildman–Crippen LogP) is 2.51. The molecule has 0 aliphatic heterocycles. The van der Waals surface area contributed by atoms with E-state index in [1.165, 1.54) is 18.2 Å². The van der Waals surface area contributed by atoms with Gasteiger partial charge >= 0.3 is 5.97 Å². The maximum Gasteiger partial charge on any atom is 0.335 e. The molecule has 1 aromatic carbocycles. The van der Waals surface area contributed by atoms with Crippen LogP contribution in [-0.4, -0.2) is 21.2 Å². The Morgan fingerprint density at radius 3 is 2.71 bits per heavy atom. The first kappa shape index (κ1) is 14.5. The molecular formula is C13H13N3O5. The first-order chi connectivity index (χ1) is 9.90. The molecule has 0 saturated carbocycles. The van der Waals surface area contributed by atoms with Gasteiger partial charge in [0.2, 0.25) is 0 Å². The normalized spacial score (nSPS) is 10.4. The maximum absolute atomic E-state index is 11.0. The van der Waals surface area contributed by atoms with Gasteiger partial charge in [-0.2, -0.15) is 0 Å². The fourth-order valence-corrected chi connectivity index (χ4v) is 1.91. The largest absolute Gasteiger partial charge is 0.478 e. The van der Waals surface area contributed by atoms with Crippen molar-refractivity contribution in [2.24, 2.45) is 0 Å². The van der Waals surface area contributed by atoms with Crippen LogP contribution in [0.25, 0.3) is 0 Å². The van der Waals surface area contributed by atoms with E-state index in [1.807, 2.05) is 0 Å². The third-order valence-corrected chi connectivity index (χ3v) is 3.08. The number of rotatable bonds is 5. The molecule has 0 unspecified atom stereocenters. The summed E-state index contributed by atoms with van der Waals surface area (Å²) in [5.74, 6) is -0.540. The first-order valence-corrected chi connectivity index (χ1v) is 6.07. The minimum Gasteiger partial charge on any atom is -0.478 e. The number of aryl methyl sites for hydroxylation is 2. The number of nitrogens with zero attached hydrogens (tertiary/aromatic N) is 2. The van der Waals surface area contributed by atoms with Crippen molar-refractivity contribution < 1.29 is 19.3 Å². The smallest absolute Gasteiger partial charge is 0.335 e. The fraction of sp³-hybridized carbons (Fsp3) is 0.231. The minimum atomic E-state index is -1.15. The summed E-state index contributed by atoms with van der Waals surface area (Å²) in [7, 11) is 0. The van der Waals surface area contributed by atoms with Crippen LogP contribution in [0, 0.1) is 24.0 Å². The van der Waals surface area contributed by atoms with Gasteiger partial charge in [0.15, 0.2) is 0 Å². The highest BCUT2D eigenvalue weighted by atomic mass is 16.6. The number of carbonyl (C=O) groups is 1. The summed E-state index contributed by atoms with van der Waals surface area (Å²) in [5.41, 5.74) is 1.38. The molecule has 0 aliphatic carbocycles. The number of nitro benzene ring substituents is 1. The van der Waals surface area contributed by atoms with Crippen LogP contribution >= 0.6 is 0 Å². The second-order valence-electron chi connectivity index (χ2n) is 4.45. The predicted molar refractivity (Wildman–Crippen MR) is 73.4 cm³/mol. The van der Waals surface area contributed by atoms with E-state index in [0.29, 0.717) is 11.5 Å². The highest BCUT2D eigenvalue weighted by Gasteiger charge is 2.17. The zero-order valence-electron chi connectivity index (χ0n) is 11.4. The Hall–Kier alpha value is -2.90. The molecule has 2 rings (SSSR count). The number of nitro groups is 1. The van der Waals surface area contributed by atoms with E-state index >= 15 is 0 Å². The van der Waals surface area contributed by atoms with E-state index in [9.17, 15) is 14.9 Å². The van der Waals surface area contributed by atoms with E-state index in [4.69, 9.17) is 9.63 Å². The molecule has 0 saturated heterocycles. The third kappa shape index (κ3) is 2.99. The van der Waals surface area contributed by atoms with Crippen molar-refractivity contribution in [3.05, 3.63) is 50.9 Å². The molecule has 0 atom stereocenters. The first-order valence-electron chi connectivity index (χ1n) is 6.07. The van der Waals surface area contributed by atoms with Gasteiger partial charge < -0.3 is 14.9 Å². The zero-order valence-corrected chi connectivity index (χ0v) is 11.4. The van der Waals surface area contributed by atoms with Crippen molar-refractivity contribution >= 4 is 17.3 Å². The van der Waals surface area contributed by atoms with Gasteiger partial charge in [-0.05, 0) is 26.0 Å². The van der Waals surface area contributed by atoms with Gasteiger partial charge in [0, 0.05) is 18.2 Å². The Morgan fingerprint density at radius 1 is 1.48 bits per heavy atom. The number of nitrogens with one attached hydrogen (secondary N) is 1. The van der Waals surface area contributed by atoms with Crippen molar-refractivity contribution in [2.75, 3.05) is 5.32 Å². The van der Waals surface area contributed by atoms with Gasteiger partial charge in [0.05, 0.1) is 16.2 Å². The highest BCUT2D eigenvalue weighted by Crippen LogP contribution is 2.26. The Labute approximate surface area is 119 Å². The Balaban J connectivity index is 2.31. The Morgan fingerprint density at radius 2 is 2.19 bits per heavy atom. The van der Waals surface area contributed by atoms with Crippen LogP contribution in [0.4, 0.5) is 11.4 Å². The van der Waals surface area contributed by atoms with Gasteiger partial charge in [-0.3, -0.25) is 10.1 Å². The van der Waals surface area contributed by atoms with Crippen molar-refractivity contribution in [1.82, 2.24) is 5.16 Å². The molecule has 0 fully saturated rings. The molecule has 2 aromatic rings. The lowest BCUT2D eigenvalue weighted by atomic mass is 10.1. The minimum absolute atomic E-state index is 0.0261. The summed E-state index contributed by atoms with van der Waals surface area (Å²) in [6.45, 7) is 3.75. The van der Waals surface area contributed by atoms with Crippen molar-refractivity contribution in [3.8, 4) is 0 Å². The molecule has 21 heavy (non-hydrogen) atoms. The number of hydrogen-bond donors (Lipinski definition) is 2. The van der Waals surface area contributed by atoms with Crippen molar-refractivity contribution in [3.63, 3.8) is 0 Å². The van der Waals surface area contributed by atoms with Crippen LogP contribution in [-0.2, 0) is 6.54 Å². The molecular weight excluding hydrogens is 278 g/mol. The maximum atomic E-state index is 11.0. The summed E-state index contributed by atoms with van der Waals surface area (Å²) in [6.07, 6.45) is 0. The standard InChI is InChI=1S/C13H13N3O5/c1-7-10(8(2)21-15-7)6-14-11-5-9(13(17)18)3-4-12(11)16(19)20/h3-5,14H,6H2,1-2H3,(H,17,18). The van der Waals surface area contributed by atoms with Crippen LogP contribution in [0.5, 0.6) is 0 Å². The molecule has 0 bridgehead atoms. The lowest BCUT2D eigenvalue weighted by molar-refractivity contribution is -0.384. The summed E-state index contributed by atoms with van der Waals surface area (Å²) in [4.78, 5) is 21.4. The highest BCUT2D eigenvalue weighted by molar-refractivity contribution is 5.90. The van der Waals surface area contributed by atoms with Crippen LogP contribution in [0.15, 0.2) is 22.7 Å². The van der Waals surface area contributed by atoms with Gasteiger partial charge in [0.25, 0.3) is 5.69 Å². The quantitative estimate of drug-likeness (QED) is 0.641. The van der Waals surface area contributed by atoms with Crippen LogP contribution < -0.4 is 5.32 Å². The second kappa shape index (κ2) is 5.61. The average molecular weight is 291 g/mol. The number of anilines is 1. The molecule has 1 heterocycles. The van der Waals surface area contributed by atoms with Gasteiger partial charge in [-0.25, -0.2) is 4.79 Å². The lowest BCUT2D eigenvalue weighted by Crippen LogP contribution is -2.06. The molecule has 0 radical (unpaired) electrons. The van der Waals surface area contributed by atoms with E-state index in [2.05, 4.69) is 10.5 Å². The number of carboxylic acids is 1. The zero-order chi connectivity index (χ0) is 15.6. The average Bonchev–Trinajstić information content (AvgIpc) is 2.75. The van der Waals surface area contributed by atoms with E-state index in [1.54, 1.807) is 13.8 Å². The molecule has 1 aromatic heterocycles. The van der Waals surface area contributed by atoms with E-state index in [-0.39, 0.29) is 23.5 Å². The molecule has 8 heteroatoms. The van der Waals surface area contributed by atoms with Crippen LogP contribution in [0.3, 0.4) is 0 Å². The van der Waals surface area contributed by atoms with Crippen molar-refractivity contribution in [1.29, 1.82) is 0 Å². The summed E-state index contributed by atoms with van der Waals surface area (Å²) < 4.78 is 5.01. The Bertz CT molecular complexity index is 688. The van der Waals surface area contributed by atoms with E-state index < -0.39 is 10.9 Å². The molecule has 110 valence electrons. The number of carboxylic acid groups (broad SMARTS) is 1. The number of aromatic nitrogens is 1. The van der Waals surface area contributed by atoms with E-state index in [0.717, 1.165) is 5.56 Å². The van der Waals surface area contributed by atoms with Crippen LogP contribution in [0.2, 0.25) is 0 Å². The van der Waals surface area contributed by atoms with Crippen molar-refractivity contribution in [2.45, 2.75) is 20.4 Å². The summed E-state index contributed by atoms with van der Waals surface area (Å²) in [5, 5.41) is 26.6. The topological polar surface area (TPSA) is 118 Å². The van der Waals surface area contributed by atoms with Gasteiger partial charge in [-0.1, -0.05) is 5.16 Å². The number of aromatic carboxylic acids is 1. The summed E-state index contributed by atoms with van der Waals surface area (Å²) in [6, 6.07) is 3.60. The Kier molecular flexibility index (Phi) is 3.88. The number of hydrogen-bond acceptors (Lipinski definition) is 6. The van der Waals surface area contributed by atoms with Crippen LogP contribution in [0.1, 0.15) is 27.4 Å². The number of benzene rings is 1. The third-order valence-electron chi connectivity index (χ3n) is 3.08. The fourth-order valence-electron chi connectivity index (χ4n) is 1.91. The summed E-state index contributed by atoms with van der Waals surface area (Å²) >= 11 is 0. The molecule has 2 N–H and O–H groups in total. The molecule has 0 spiro atoms. The van der Waals surface area contributed by atoms with Gasteiger partial charge in [-0.15, -0.1) is 0 Å². The lowest BCUT2D eigenvalue weighted by Gasteiger charge is -2.07. The second-order valence-corrected chi connectivity index (χ2v) is 4.45. The SMILES string of the molecule is Cc1noc(C)c1CNc1cc(C(=O)O)ccc1[N+](=O)[O-]. The molecule has 0 amide bonds. The molecule has 8 nitrogen and oxygen atoms in total. The monoisotopic (exact) mass is 291 g/mol. The van der Waals surface area contributed by atoms with Gasteiger partial charge in [0.1, 0.15) is 11.4 Å². The molecule has 0 aliphatic rings.